The van der Waals surface area contributed by atoms with E-state index < -0.39 is 0 Å². The summed E-state index contributed by atoms with van der Waals surface area (Å²) in [4.78, 5) is 19.2. The number of likely N-dealkylation sites (tertiary alicyclic amines) is 1. The fraction of sp³-hybridized carbons (Fsp3) is 0.250. The Hall–Kier alpha value is -3.02. The molecular weight excluding hydrogens is 331 g/mol. The zero-order valence-corrected chi connectivity index (χ0v) is 14.2. The number of pyridine rings is 1. The second kappa shape index (κ2) is 7.07. The third-order valence-corrected chi connectivity index (χ3v) is 4.77. The van der Waals surface area contributed by atoms with Gasteiger partial charge in [-0.3, -0.25) is 14.9 Å². The highest BCUT2D eigenvalue weighted by Gasteiger charge is 2.27. The van der Waals surface area contributed by atoms with Crippen molar-refractivity contribution in [3.63, 3.8) is 0 Å². The standard InChI is InChI=1S/C20H19FN4O/c21-16-8-6-14(7-9-16)17-4-1-5-18(23-17)15-3-2-12-25(13-15)20(26)19-10-11-22-24-19/h1,4-11,15H,2-3,12-13H2,(H,22,24). The van der Waals surface area contributed by atoms with Gasteiger partial charge in [0, 0.05) is 36.5 Å². The second-order valence-electron chi connectivity index (χ2n) is 6.52. The maximum Gasteiger partial charge on any atom is 0.271 e. The van der Waals surface area contributed by atoms with Crippen molar-refractivity contribution in [1.29, 1.82) is 0 Å². The Kier molecular flexibility index (Phi) is 4.48. The van der Waals surface area contributed by atoms with E-state index >= 15 is 0 Å². The van der Waals surface area contributed by atoms with Gasteiger partial charge in [0.2, 0.25) is 0 Å². The van der Waals surface area contributed by atoms with Crippen LogP contribution < -0.4 is 0 Å². The van der Waals surface area contributed by atoms with Gasteiger partial charge in [-0.2, -0.15) is 5.10 Å². The highest BCUT2D eigenvalue weighted by atomic mass is 19.1. The Balaban J connectivity index is 1.54. The Morgan fingerprint density at radius 2 is 2.00 bits per heavy atom. The highest BCUT2D eigenvalue weighted by molar-refractivity contribution is 5.92. The van der Waals surface area contributed by atoms with E-state index in [1.807, 2.05) is 23.1 Å². The number of hydrogen-bond acceptors (Lipinski definition) is 3. The Morgan fingerprint density at radius 1 is 1.15 bits per heavy atom. The fourth-order valence-electron chi connectivity index (χ4n) is 3.41. The zero-order valence-electron chi connectivity index (χ0n) is 14.2. The van der Waals surface area contributed by atoms with Crippen LogP contribution in [-0.4, -0.2) is 39.1 Å². The number of piperidine rings is 1. The first-order valence-corrected chi connectivity index (χ1v) is 8.72. The summed E-state index contributed by atoms with van der Waals surface area (Å²) in [5.74, 6) is -0.0944. The molecule has 2 aromatic heterocycles. The largest absolute Gasteiger partial charge is 0.337 e. The summed E-state index contributed by atoms with van der Waals surface area (Å²) < 4.78 is 13.1. The van der Waals surface area contributed by atoms with E-state index in [2.05, 4.69) is 10.2 Å². The lowest BCUT2D eigenvalue weighted by molar-refractivity contribution is 0.0700. The van der Waals surface area contributed by atoms with E-state index in [0.717, 1.165) is 36.3 Å². The third kappa shape index (κ3) is 3.35. The molecule has 3 aromatic rings. The molecule has 26 heavy (non-hydrogen) atoms. The normalized spacial score (nSPS) is 17.3. The lowest BCUT2D eigenvalue weighted by Gasteiger charge is -2.32. The van der Waals surface area contributed by atoms with Crippen molar-refractivity contribution in [3.05, 3.63) is 71.9 Å². The number of amides is 1. The van der Waals surface area contributed by atoms with Crippen LogP contribution in [-0.2, 0) is 0 Å². The van der Waals surface area contributed by atoms with Gasteiger partial charge >= 0.3 is 0 Å². The first-order valence-electron chi connectivity index (χ1n) is 8.72. The summed E-state index contributed by atoms with van der Waals surface area (Å²) >= 11 is 0. The van der Waals surface area contributed by atoms with Crippen LogP contribution in [0.3, 0.4) is 0 Å². The number of H-pyrrole nitrogens is 1. The van der Waals surface area contributed by atoms with Crippen LogP contribution in [0.2, 0.25) is 0 Å². The van der Waals surface area contributed by atoms with Gasteiger partial charge in [-0.25, -0.2) is 4.39 Å². The first-order chi connectivity index (χ1) is 12.7. The monoisotopic (exact) mass is 350 g/mol. The van der Waals surface area contributed by atoms with E-state index in [1.54, 1.807) is 24.4 Å². The van der Waals surface area contributed by atoms with E-state index in [1.165, 1.54) is 12.1 Å². The van der Waals surface area contributed by atoms with Crippen LogP contribution in [0.5, 0.6) is 0 Å². The van der Waals surface area contributed by atoms with Crippen LogP contribution in [0.1, 0.15) is 34.9 Å². The Labute approximate surface area is 150 Å². The molecule has 0 saturated carbocycles. The van der Waals surface area contributed by atoms with Crippen molar-refractivity contribution in [3.8, 4) is 11.3 Å². The summed E-state index contributed by atoms with van der Waals surface area (Å²) in [7, 11) is 0. The molecule has 1 aliphatic rings. The molecule has 1 saturated heterocycles. The molecule has 1 aliphatic heterocycles. The highest BCUT2D eigenvalue weighted by Crippen LogP contribution is 2.28. The average molecular weight is 350 g/mol. The van der Waals surface area contributed by atoms with Crippen molar-refractivity contribution in [2.24, 2.45) is 0 Å². The number of nitrogens with one attached hydrogen (secondary N) is 1. The number of rotatable bonds is 3. The van der Waals surface area contributed by atoms with Gasteiger partial charge in [-0.05, 0) is 55.3 Å². The molecule has 1 aromatic carbocycles. The summed E-state index contributed by atoms with van der Waals surface area (Å²) in [6.07, 6.45) is 3.52. The number of aromatic nitrogens is 3. The fourth-order valence-corrected chi connectivity index (χ4v) is 3.41. The van der Waals surface area contributed by atoms with Gasteiger partial charge < -0.3 is 4.90 Å². The third-order valence-electron chi connectivity index (χ3n) is 4.77. The quantitative estimate of drug-likeness (QED) is 0.785. The Bertz CT molecular complexity index is 892. The van der Waals surface area contributed by atoms with Gasteiger partial charge in [-0.1, -0.05) is 6.07 Å². The molecule has 5 nitrogen and oxygen atoms in total. The average Bonchev–Trinajstić information content (AvgIpc) is 3.23. The molecule has 1 unspecified atom stereocenters. The predicted octanol–water partition coefficient (Wildman–Crippen LogP) is 3.63. The van der Waals surface area contributed by atoms with Crippen LogP contribution in [0.4, 0.5) is 4.39 Å². The summed E-state index contributed by atoms with van der Waals surface area (Å²) in [6, 6.07) is 13.9. The van der Waals surface area contributed by atoms with Crippen LogP contribution in [0.15, 0.2) is 54.7 Å². The van der Waals surface area contributed by atoms with Crippen LogP contribution >= 0.6 is 0 Å². The lowest BCUT2D eigenvalue weighted by Crippen LogP contribution is -2.39. The van der Waals surface area contributed by atoms with Crippen molar-refractivity contribution in [2.75, 3.05) is 13.1 Å². The zero-order chi connectivity index (χ0) is 17.9. The molecular formula is C20H19FN4O. The second-order valence-corrected chi connectivity index (χ2v) is 6.52. The maximum absolute atomic E-state index is 13.1. The number of aromatic amines is 1. The van der Waals surface area contributed by atoms with Gasteiger partial charge in [0.05, 0.1) is 5.69 Å². The van der Waals surface area contributed by atoms with E-state index in [0.29, 0.717) is 12.2 Å². The molecule has 0 bridgehead atoms. The van der Waals surface area contributed by atoms with Crippen molar-refractivity contribution >= 4 is 5.91 Å². The van der Waals surface area contributed by atoms with Crippen molar-refractivity contribution in [2.45, 2.75) is 18.8 Å². The van der Waals surface area contributed by atoms with Gasteiger partial charge in [0.15, 0.2) is 0 Å². The molecule has 6 heteroatoms. The summed E-state index contributed by atoms with van der Waals surface area (Å²) in [6.45, 7) is 1.38. The van der Waals surface area contributed by atoms with Crippen LogP contribution in [0, 0.1) is 5.82 Å². The molecule has 1 N–H and O–H groups in total. The molecule has 132 valence electrons. The Morgan fingerprint density at radius 3 is 2.77 bits per heavy atom. The molecule has 1 fully saturated rings. The molecule has 1 atom stereocenters. The van der Waals surface area contributed by atoms with Gasteiger partial charge in [0.1, 0.15) is 11.5 Å². The SMILES string of the molecule is O=C(c1ccn[nH]1)N1CCCC(c2cccc(-c3ccc(F)cc3)n2)C1. The molecule has 0 radical (unpaired) electrons. The number of benzene rings is 1. The minimum absolute atomic E-state index is 0.0260. The summed E-state index contributed by atoms with van der Waals surface area (Å²) in [5.41, 5.74) is 3.18. The lowest BCUT2D eigenvalue weighted by atomic mass is 9.93. The number of carbonyl (C=O) groups excluding carboxylic acids is 1. The molecule has 4 rings (SSSR count). The van der Waals surface area contributed by atoms with E-state index in [-0.39, 0.29) is 17.6 Å². The number of nitrogens with zero attached hydrogens (tertiary/aromatic N) is 3. The molecule has 0 aliphatic carbocycles. The topological polar surface area (TPSA) is 61.9 Å². The molecule has 0 spiro atoms. The molecule has 3 heterocycles. The minimum atomic E-state index is -0.259. The summed E-state index contributed by atoms with van der Waals surface area (Å²) in [5, 5.41) is 6.59. The maximum atomic E-state index is 13.1. The first kappa shape index (κ1) is 16.4. The van der Waals surface area contributed by atoms with Gasteiger partial charge in [0.25, 0.3) is 5.91 Å². The smallest absolute Gasteiger partial charge is 0.271 e. The van der Waals surface area contributed by atoms with Crippen molar-refractivity contribution < 1.29 is 9.18 Å². The number of hydrogen-bond donors (Lipinski definition) is 1. The van der Waals surface area contributed by atoms with E-state index in [4.69, 9.17) is 4.98 Å². The minimum Gasteiger partial charge on any atom is -0.337 e. The van der Waals surface area contributed by atoms with Crippen molar-refractivity contribution in [1.82, 2.24) is 20.1 Å². The predicted molar refractivity (Wildman–Crippen MR) is 96.1 cm³/mol. The number of halogens is 1. The van der Waals surface area contributed by atoms with Crippen LogP contribution in [0.25, 0.3) is 11.3 Å². The van der Waals surface area contributed by atoms with Gasteiger partial charge in [-0.15, -0.1) is 0 Å². The number of carbonyl (C=O) groups is 1. The molecule has 1 amide bonds. The van der Waals surface area contributed by atoms with E-state index in [9.17, 15) is 9.18 Å².